The van der Waals surface area contributed by atoms with E-state index in [1.807, 2.05) is 30.1 Å². The molecule has 0 heterocycles. The first-order valence-electron chi connectivity index (χ1n) is 8.43. The minimum Gasteiger partial charge on any atom is -0.355 e. The van der Waals surface area contributed by atoms with E-state index in [4.69, 9.17) is 0 Å². The number of benzene rings is 1. The molecule has 1 saturated carbocycles. The highest BCUT2D eigenvalue weighted by Gasteiger charge is 2.20. The molecule has 1 fully saturated rings. The third-order valence-corrected chi connectivity index (χ3v) is 5.65. The first-order valence-corrected chi connectivity index (χ1v) is 10.1. The zero-order chi connectivity index (χ0) is 17.4. The Morgan fingerprint density at radius 2 is 1.96 bits per heavy atom. The lowest BCUT2D eigenvalue weighted by Crippen LogP contribution is -2.42. The van der Waals surface area contributed by atoms with E-state index < -0.39 is 10.0 Å². The van der Waals surface area contributed by atoms with Gasteiger partial charge >= 0.3 is 0 Å². The van der Waals surface area contributed by atoms with Gasteiger partial charge in [0.05, 0.1) is 5.75 Å². The Labute approximate surface area is 168 Å². The van der Waals surface area contributed by atoms with Crippen LogP contribution < -0.4 is 10.0 Å². The van der Waals surface area contributed by atoms with Crippen LogP contribution in [0.2, 0.25) is 0 Å². The Morgan fingerprint density at radius 3 is 2.52 bits per heavy atom. The maximum absolute atomic E-state index is 12.0. The zero-order valence-electron chi connectivity index (χ0n) is 14.9. The van der Waals surface area contributed by atoms with E-state index in [1.165, 1.54) is 12.0 Å². The van der Waals surface area contributed by atoms with Crippen molar-refractivity contribution in [2.24, 2.45) is 10.9 Å². The molecule has 2 rings (SSSR count). The predicted molar refractivity (Wildman–Crippen MR) is 114 cm³/mol. The number of halogens is 1. The highest BCUT2D eigenvalue weighted by atomic mass is 127. The van der Waals surface area contributed by atoms with E-state index in [0.717, 1.165) is 12.8 Å². The van der Waals surface area contributed by atoms with Gasteiger partial charge in [-0.25, -0.2) is 13.1 Å². The van der Waals surface area contributed by atoms with Crippen LogP contribution in [0.5, 0.6) is 0 Å². The van der Waals surface area contributed by atoms with E-state index in [0.29, 0.717) is 31.5 Å². The van der Waals surface area contributed by atoms with Crippen LogP contribution in [0.25, 0.3) is 0 Å². The Kier molecular flexibility index (Phi) is 9.73. The second kappa shape index (κ2) is 11.0. The van der Waals surface area contributed by atoms with Gasteiger partial charge in [-0.3, -0.25) is 4.99 Å². The Morgan fingerprint density at radius 1 is 1.28 bits per heavy atom. The number of sulfonamides is 1. The number of rotatable bonds is 8. The van der Waals surface area contributed by atoms with Crippen molar-refractivity contribution in [3.63, 3.8) is 0 Å². The lowest BCUT2D eigenvalue weighted by atomic mass is 9.86. The first-order chi connectivity index (χ1) is 11.5. The lowest BCUT2D eigenvalue weighted by Gasteiger charge is -2.25. The molecule has 1 aromatic carbocycles. The normalized spacial score (nSPS) is 15.2. The van der Waals surface area contributed by atoms with Crippen molar-refractivity contribution < 1.29 is 8.42 Å². The van der Waals surface area contributed by atoms with Gasteiger partial charge in [-0.15, -0.1) is 24.0 Å². The van der Waals surface area contributed by atoms with Gasteiger partial charge in [-0.05, 0) is 24.3 Å². The van der Waals surface area contributed by atoms with Crippen LogP contribution in [-0.2, 0) is 16.6 Å². The third kappa shape index (κ3) is 7.91. The van der Waals surface area contributed by atoms with Crippen LogP contribution in [0.1, 0.15) is 24.8 Å². The molecule has 1 aromatic rings. The summed E-state index contributed by atoms with van der Waals surface area (Å²) in [6.45, 7) is 1.63. The van der Waals surface area contributed by atoms with Crippen molar-refractivity contribution in [2.45, 2.75) is 25.8 Å². The summed E-state index contributed by atoms with van der Waals surface area (Å²) in [6, 6.07) is 10.1. The summed E-state index contributed by atoms with van der Waals surface area (Å²) in [5.74, 6) is 1.27. The summed E-state index contributed by atoms with van der Waals surface area (Å²) in [5, 5.41) is 3.12. The second-order valence-electron chi connectivity index (χ2n) is 6.28. The number of nitrogens with one attached hydrogen (secondary N) is 2. The third-order valence-electron chi connectivity index (χ3n) is 4.31. The van der Waals surface area contributed by atoms with Gasteiger partial charge in [0.25, 0.3) is 0 Å². The van der Waals surface area contributed by atoms with Crippen LogP contribution in [-0.4, -0.2) is 52.2 Å². The largest absolute Gasteiger partial charge is 0.355 e. The van der Waals surface area contributed by atoms with Crippen molar-refractivity contribution in [3.8, 4) is 0 Å². The maximum atomic E-state index is 12.0. The fraction of sp³-hybridized carbons (Fsp3) is 0.588. The second-order valence-corrected chi connectivity index (χ2v) is 8.21. The van der Waals surface area contributed by atoms with E-state index in [2.05, 4.69) is 27.2 Å². The molecule has 0 aromatic heterocycles. The molecule has 1 aliphatic carbocycles. The molecule has 0 saturated heterocycles. The zero-order valence-corrected chi connectivity index (χ0v) is 18.1. The fourth-order valence-electron chi connectivity index (χ4n) is 2.63. The van der Waals surface area contributed by atoms with Gasteiger partial charge in [0.2, 0.25) is 10.0 Å². The van der Waals surface area contributed by atoms with Crippen LogP contribution in [0.3, 0.4) is 0 Å². The molecule has 8 heteroatoms. The SMILES string of the molecule is CN=C(NCCS(=O)(=O)NCC1CCC1)N(C)Cc1ccccc1.I. The molecule has 0 aliphatic heterocycles. The van der Waals surface area contributed by atoms with Crippen molar-refractivity contribution in [1.82, 2.24) is 14.9 Å². The topological polar surface area (TPSA) is 73.8 Å². The van der Waals surface area contributed by atoms with Crippen molar-refractivity contribution in [1.29, 1.82) is 0 Å². The molecule has 6 nitrogen and oxygen atoms in total. The minimum absolute atomic E-state index is 0. The molecule has 25 heavy (non-hydrogen) atoms. The van der Waals surface area contributed by atoms with Crippen LogP contribution in [0, 0.1) is 5.92 Å². The molecule has 1 aliphatic rings. The molecule has 0 spiro atoms. The van der Waals surface area contributed by atoms with E-state index in [-0.39, 0.29) is 29.7 Å². The number of aliphatic imine (C=N–C) groups is 1. The van der Waals surface area contributed by atoms with Crippen molar-refractivity contribution >= 4 is 40.0 Å². The van der Waals surface area contributed by atoms with E-state index >= 15 is 0 Å². The van der Waals surface area contributed by atoms with Gasteiger partial charge in [0.15, 0.2) is 5.96 Å². The highest BCUT2D eigenvalue weighted by Crippen LogP contribution is 2.25. The average Bonchev–Trinajstić information content (AvgIpc) is 2.50. The molecular weight excluding hydrogens is 451 g/mol. The van der Waals surface area contributed by atoms with Gasteiger partial charge in [0.1, 0.15) is 0 Å². The molecule has 0 unspecified atom stereocenters. The number of hydrogen-bond acceptors (Lipinski definition) is 3. The number of nitrogens with zero attached hydrogens (tertiary/aromatic N) is 2. The Bertz CT molecular complexity index is 633. The molecule has 0 atom stereocenters. The van der Waals surface area contributed by atoms with E-state index in [1.54, 1.807) is 7.05 Å². The molecule has 0 radical (unpaired) electrons. The van der Waals surface area contributed by atoms with Gasteiger partial charge in [-0.2, -0.15) is 0 Å². The molecule has 2 N–H and O–H groups in total. The molecule has 142 valence electrons. The quantitative estimate of drug-likeness (QED) is 0.339. The summed E-state index contributed by atoms with van der Waals surface area (Å²) >= 11 is 0. The van der Waals surface area contributed by atoms with E-state index in [9.17, 15) is 8.42 Å². The number of guanidine groups is 1. The summed E-state index contributed by atoms with van der Waals surface area (Å²) in [5.41, 5.74) is 1.18. The van der Waals surface area contributed by atoms with Crippen LogP contribution >= 0.6 is 24.0 Å². The van der Waals surface area contributed by atoms with Crippen LogP contribution in [0.4, 0.5) is 0 Å². The predicted octanol–water partition coefficient (Wildman–Crippen LogP) is 2.03. The van der Waals surface area contributed by atoms with Crippen molar-refractivity contribution in [3.05, 3.63) is 35.9 Å². The monoisotopic (exact) mass is 480 g/mol. The average molecular weight is 480 g/mol. The molecular formula is C17H29IN4O2S. The first kappa shape index (κ1) is 22.2. The Hall–Kier alpha value is -0.870. The molecule has 0 amide bonds. The van der Waals surface area contributed by atoms with Gasteiger partial charge in [0, 0.05) is 33.7 Å². The van der Waals surface area contributed by atoms with Gasteiger partial charge < -0.3 is 10.2 Å². The number of hydrogen-bond donors (Lipinski definition) is 2. The summed E-state index contributed by atoms with van der Waals surface area (Å²) in [6.07, 6.45) is 3.49. The molecule has 0 bridgehead atoms. The summed E-state index contributed by atoms with van der Waals surface area (Å²) in [4.78, 5) is 6.19. The van der Waals surface area contributed by atoms with Gasteiger partial charge in [-0.1, -0.05) is 36.8 Å². The maximum Gasteiger partial charge on any atom is 0.213 e. The lowest BCUT2D eigenvalue weighted by molar-refractivity contribution is 0.316. The smallest absolute Gasteiger partial charge is 0.213 e. The fourth-order valence-corrected chi connectivity index (χ4v) is 3.63. The Balaban J connectivity index is 0.00000312. The summed E-state index contributed by atoms with van der Waals surface area (Å²) < 4.78 is 26.7. The van der Waals surface area contributed by atoms with Crippen molar-refractivity contribution in [2.75, 3.05) is 32.9 Å². The highest BCUT2D eigenvalue weighted by molar-refractivity contribution is 14.0. The summed E-state index contributed by atoms with van der Waals surface area (Å²) in [7, 11) is 0.410. The van der Waals surface area contributed by atoms with Crippen LogP contribution in [0.15, 0.2) is 35.3 Å². The standard InChI is InChI=1S/C17H28N4O2S.HI/c1-18-17(21(2)14-16-7-4-3-5-8-16)19-11-12-24(22,23)20-13-15-9-6-10-15;/h3-5,7-8,15,20H,6,9-14H2,1-2H3,(H,18,19);1H. The minimum atomic E-state index is -3.23.